The number of fused-ring (bicyclic) bond motifs is 1. The summed E-state index contributed by atoms with van der Waals surface area (Å²) in [5, 5.41) is 10.6. The quantitative estimate of drug-likeness (QED) is 0.760. The van der Waals surface area contributed by atoms with E-state index in [0.29, 0.717) is 21.8 Å². The summed E-state index contributed by atoms with van der Waals surface area (Å²) in [6, 6.07) is 5.52. The molecule has 1 amide bonds. The van der Waals surface area contributed by atoms with Crippen molar-refractivity contribution in [3.05, 3.63) is 52.9 Å². The third kappa shape index (κ3) is 2.12. The van der Waals surface area contributed by atoms with E-state index >= 15 is 0 Å². The van der Waals surface area contributed by atoms with Crippen molar-refractivity contribution in [3.63, 3.8) is 0 Å². The number of halogens is 1. The number of rotatable bonds is 2. The maximum atomic E-state index is 12.2. The number of carbonyl (C=O) groups excluding carboxylic acids is 1. The molecule has 5 nitrogen and oxygen atoms in total. The Bertz CT molecular complexity index is 783. The summed E-state index contributed by atoms with van der Waals surface area (Å²) in [5.74, 6) is -0.224. The average molecular weight is 287 g/mol. The number of nitrogens with zero attached hydrogens (tertiary/aromatic N) is 2. The van der Waals surface area contributed by atoms with Crippen LogP contribution in [0, 0.1) is 6.92 Å². The van der Waals surface area contributed by atoms with Crippen molar-refractivity contribution < 1.29 is 4.79 Å². The summed E-state index contributed by atoms with van der Waals surface area (Å²) in [6.45, 7) is 1.88. The van der Waals surface area contributed by atoms with Crippen LogP contribution in [0.25, 0.3) is 10.9 Å². The van der Waals surface area contributed by atoms with Crippen LogP contribution in [0.1, 0.15) is 15.9 Å². The second kappa shape index (κ2) is 4.94. The fraction of sp³-hybridized carbons (Fsp3) is 0.0714. The highest BCUT2D eigenvalue weighted by Gasteiger charge is 2.14. The fourth-order valence-corrected chi connectivity index (χ4v) is 2.29. The van der Waals surface area contributed by atoms with Gasteiger partial charge in [-0.15, -0.1) is 0 Å². The highest BCUT2D eigenvalue weighted by Crippen LogP contribution is 2.26. The van der Waals surface area contributed by atoms with Gasteiger partial charge in [0.25, 0.3) is 5.91 Å². The molecule has 0 atom stereocenters. The van der Waals surface area contributed by atoms with Gasteiger partial charge in [-0.05, 0) is 18.6 Å². The van der Waals surface area contributed by atoms with E-state index in [1.807, 2.05) is 19.1 Å². The van der Waals surface area contributed by atoms with E-state index in [4.69, 9.17) is 11.6 Å². The number of aryl methyl sites for hydroxylation is 1. The predicted octanol–water partition coefficient (Wildman–Crippen LogP) is 3.17. The van der Waals surface area contributed by atoms with Crippen LogP contribution in [0.15, 0.2) is 36.8 Å². The number of anilines is 1. The second-order valence-corrected chi connectivity index (χ2v) is 4.78. The molecule has 0 fully saturated rings. The van der Waals surface area contributed by atoms with Crippen molar-refractivity contribution in [2.45, 2.75) is 6.92 Å². The molecular formula is C14H11ClN4O. The number of hydrogen-bond donors (Lipinski definition) is 2. The minimum atomic E-state index is -0.224. The van der Waals surface area contributed by atoms with Gasteiger partial charge in [-0.1, -0.05) is 23.7 Å². The number of hydrogen-bond acceptors (Lipinski definition) is 3. The molecule has 0 saturated carbocycles. The lowest BCUT2D eigenvalue weighted by Gasteiger charge is -2.09. The molecule has 2 heterocycles. The van der Waals surface area contributed by atoms with E-state index in [9.17, 15) is 4.79 Å². The average Bonchev–Trinajstić information content (AvgIpc) is 2.93. The van der Waals surface area contributed by atoms with Crippen LogP contribution < -0.4 is 5.32 Å². The van der Waals surface area contributed by atoms with Crippen LogP contribution in [-0.4, -0.2) is 21.1 Å². The molecule has 100 valence electrons. The number of nitrogens with one attached hydrogen (secondary N) is 2. The fourth-order valence-electron chi connectivity index (χ4n) is 2.07. The number of pyridine rings is 1. The van der Waals surface area contributed by atoms with Gasteiger partial charge in [-0.2, -0.15) is 5.10 Å². The van der Waals surface area contributed by atoms with Gasteiger partial charge < -0.3 is 5.32 Å². The summed E-state index contributed by atoms with van der Waals surface area (Å²) < 4.78 is 0. The highest BCUT2D eigenvalue weighted by molar-refractivity contribution is 6.35. The van der Waals surface area contributed by atoms with Gasteiger partial charge >= 0.3 is 0 Å². The Balaban J connectivity index is 2.04. The molecule has 1 aromatic carbocycles. The molecule has 0 saturated heterocycles. The van der Waals surface area contributed by atoms with Gasteiger partial charge in [0, 0.05) is 17.8 Å². The SMILES string of the molecule is Cc1c(C(=O)Nc2cn[nH]c2)cnc2c(Cl)cccc12. The highest BCUT2D eigenvalue weighted by atomic mass is 35.5. The molecule has 0 aliphatic heterocycles. The number of carbonyl (C=O) groups is 1. The molecule has 0 bridgehead atoms. The number of amides is 1. The molecule has 0 aliphatic rings. The van der Waals surface area contributed by atoms with E-state index in [0.717, 1.165) is 10.9 Å². The van der Waals surface area contributed by atoms with Crippen LogP contribution in [-0.2, 0) is 0 Å². The Morgan fingerprint density at radius 1 is 1.35 bits per heavy atom. The Morgan fingerprint density at radius 3 is 2.95 bits per heavy atom. The van der Waals surface area contributed by atoms with E-state index < -0.39 is 0 Å². The maximum Gasteiger partial charge on any atom is 0.257 e. The summed E-state index contributed by atoms with van der Waals surface area (Å²) in [6.07, 6.45) is 4.69. The molecule has 0 radical (unpaired) electrons. The smallest absolute Gasteiger partial charge is 0.257 e. The molecule has 0 aliphatic carbocycles. The third-order valence-corrected chi connectivity index (χ3v) is 3.42. The largest absolute Gasteiger partial charge is 0.319 e. The topological polar surface area (TPSA) is 70.7 Å². The first-order chi connectivity index (χ1) is 9.66. The number of para-hydroxylation sites is 1. The third-order valence-electron chi connectivity index (χ3n) is 3.12. The van der Waals surface area contributed by atoms with E-state index in [1.54, 1.807) is 24.7 Å². The second-order valence-electron chi connectivity index (χ2n) is 4.37. The molecule has 3 rings (SSSR count). The predicted molar refractivity (Wildman–Crippen MR) is 78.0 cm³/mol. The van der Waals surface area contributed by atoms with Crippen molar-refractivity contribution >= 4 is 34.1 Å². The standard InChI is InChI=1S/C14H11ClN4O/c1-8-10-3-2-4-12(15)13(10)16-7-11(8)14(20)19-9-5-17-18-6-9/h2-7H,1H3,(H,17,18)(H,19,20). The molecule has 20 heavy (non-hydrogen) atoms. The Labute approximate surface area is 120 Å². The monoisotopic (exact) mass is 286 g/mol. The van der Waals surface area contributed by atoms with E-state index in [2.05, 4.69) is 20.5 Å². The molecule has 6 heteroatoms. The normalized spacial score (nSPS) is 10.7. The maximum absolute atomic E-state index is 12.2. The number of benzene rings is 1. The van der Waals surface area contributed by atoms with Gasteiger partial charge in [0.2, 0.25) is 0 Å². The molecule has 2 N–H and O–H groups in total. The lowest BCUT2D eigenvalue weighted by molar-refractivity contribution is 0.102. The number of H-pyrrole nitrogens is 1. The summed E-state index contributed by atoms with van der Waals surface area (Å²) >= 11 is 6.10. The van der Waals surface area contributed by atoms with Crippen molar-refractivity contribution in [1.29, 1.82) is 0 Å². The van der Waals surface area contributed by atoms with Gasteiger partial charge in [0.15, 0.2) is 0 Å². The lowest BCUT2D eigenvalue weighted by Crippen LogP contribution is -2.13. The summed E-state index contributed by atoms with van der Waals surface area (Å²) in [7, 11) is 0. The zero-order valence-corrected chi connectivity index (χ0v) is 11.4. The zero-order valence-electron chi connectivity index (χ0n) is 10.6. The van der Waals surface area contributed by atoms with Crippen LogP contribution in [0.3, 0.4) is 0 Å². The van der Waals surface area contributed by atoms with Gasteiger partial charge in [-0.25, -0.2) is 0 Å². The van der Waals surface area contributed by atoms with Crippen LogP contribution in [0.4, 0.5) is 5.69 Å². The van der Waals surface area contributed by atoms with Crippen molar-refractivity contribution in [2.75, 3.05) is 5.32 Å². The zero-order chi connectivity index (χ0) is 14.1. The first-order valence-electron chi connectivity index (χ1n) is 6.01. The first-order valence-corrected chi connectivity index (χ1v) is 6.38. The van der Waals surface area contributed by atoms with E-state index in [-0.39, 0.29) is 5.91 Å². The number of aromatic nitrogens is 3. The van der Waals surface area contributed by atoms with Crippen LogP contribution in [0.2, 0.25) is 5.02 Å². The van der Waals surface area contributed by atoms with Crippen LogP contribution >= 0.6 is 11.6 Å². The van der Waals surface area contributed by atoms with Gasteiger partial charge in [0.05, 0.1) is 28.0 Å². The Morgan fingerprint density at radius 2 is 2.20 bits per heavy atom. The minimum absolute atomic E-state index is 0.224. The first kappa shape index (κ1) is 12.6. The summed E-state index contributed by atoms with van der Waals surface area (Å²) in [4.78, 5) is 16.5. The Kier molecular flexibility index (Phi) is 3.12. The van der Waals surface area contributed by atoms with Gasteiger partial charge in [-0.3, -0.25) is 14.9 Å². The minimum Gasteiger partial charge on any atom is -0.319 e. The molecule has 0 spiro atoms. The summed E-state index contributed by atoms with van der Waals surface area (Å²) in [5.41, 5.74) is 2.67. The van der Waals surface area contributed by atoms with Crippen molar-refractivity contribution in [1.82, 2.24) is 15.2 Å². The van der Waals surface area contributed by atoms with E-state index in [1.165, 1.54) is 0 Å². The van der Waals surface area contributed by atoms with Crippen LogP contribution in [0.5, 0.6) is 0 Å². The van der Waals surface area contributed by atoms with Crippen molar-refractivity contribution in [2.24, 2.45) is 0 Å². The Hall–Kier alpha value is -2.40. The molecule has 2 aromatic heterocycles. The lowest BCUT2D eigenvalue weighted by atomic mass is 10.0. The van der Waals surface area contributed by atoms with Crippen molar-refractivity contribution in [3.8, 4) is 0 Å². The molecular weight excluding hydrogens is 276 g/mol. The molecule has 3 aromatic rings. The van der Waals surface area contributed by atoms with Gasteiger partial charge in [0.1, 0.15) is 0 Å². The molecule has 0 unspecified atom stereocenters. The number of aromatic amines is 1.